The molecular weight excluding hydrogens is 221 g/mol. The van der Waals surface area contributed by atoms with Crippen LogP contribution in [0.1, 0.15) is 11.7 Å². The first-order valence-electron chi connectivity index (χ1n) is 5.76. The molecule has 0 saturated carbocycles. The van der Waals surface area contributed by atoms with E-state index in [4.69, 9.17) is 10.5 Å². The lowest BCUT2D eigenvalue weighted by Crippen LogP contribution is -2.47. The topological polar surface area (TPSA) is 50.5 Å². The van der Waals surface area contributed by atoms with Gasteiger partial charge in [-0.25, -0.2) is 4.39 Å². The molecule has 1 aliphatic heterocycles. The van der Waals surface area contributed by atoms with Gasteiger partial charge in [-0.15, -0.1) is 0 Å². The average Bonchev–Trinajstić information content (AvgIpc) is 2.39. The minimum atomic E-state index is -0.317. The highest BCUT2D eigenvalue weighted by molar-refractivity contribution is 5.36. The molecular formula is C12H18FN3O. The Morgan fingerprint density at radius 2 is 2.12 bits per heavy atom. The van der Waals surface area contributed by atoms with Crippen LogP contribution in [0.2, 0.25) is 0 Å². The number of piperazine rings is 1. The van der Waals surface area contributed by atoms with Gasteiger partial charge in [-0.05, 0) is 18.2 Å². The number of nitrogens with one attached hydrogen (secondary N) is 1. The molecule has 0 aliphatic carbocycles. The van der Waals surface area contributed by atoms with Crippen molar-refractivity contribution in [2.24, 2.45) is 5.73 Å². The van der Waals surface area contributed by atoms with Crippen LogP contribution >= 0.6 is 0 Å². The van der Waals surface area contributed by atoms with Gasteiger partial charge in [-0.3, -0.25) is 4.90 Å². The highest BCUT2D eigenvalue weighted by Crippen LogP contribution is 2.26. The van der Waals surface area contributed by atoms with Gasteiger partial charge in [0, 0.05) is 31.7 Å². The molecule has 1 aromatic carbocycles. The van der Waals surface area contributed by atoms with Crippen molar-refractivity contribution in [1.29, 1.82) is 0 Å². The van der Waals surface area contributed by atoms with Gasteiger partial charge in [0.1, 0.15) is 11.6 Å². The number of nitrogens with two attached hydrogens (primary N) is 1. The van der Waals surface area contributed by atoms with Gasteiger partial charge in [-0.1, -0.05) is 0 Å². The summed E-state index contributed by atoms with van der Waals surface area (Å²) < 4.78 is 18.5. The Labute approximate surface area is 101 Å². The van der Waals surface area contributed by atoms with E-state index in [-0.39, 0.29) is 12.0 Å². The molecule has 1 aliphatic rings. The standard InChI is InChI=1S/C12H18FN3O/c1-17-11-3-2-9(13)8-10(11)12(14)16-6-4-15-5-7-16/h2-3,8,12,15H,4-7,14H2,1H3. The van der Waals surface area contributed by atoms with Gasteiger partial charge in [0.15, 0.2) is 0 Å². The van der Waals surface area contributed by atoms with Crippen molar-refractivity contribution in [1.82, 2.24) is 10.2 Å². The maximum atomic E-state index is 13.3. The lowest BCUT2D eigenvalue weighted by atomic mass is 10.1. The average molecular weight is 239 g/mol. The summed E-state index contributed by atoms with van der Waals surface area (Å²) in [7, 11) is 1.57. The lowest BCUT2D eigenvalue weighted by molar-refractivity contribution is 0.174. The molecule has 2 rings (SSSR count). The van der Waals surface area contributed by atoms with Gasteiger partial charge in [-0.2, -0.15) is 0 Å². The van der Waals surface area contributed by atoms with E-state index in [2.05, 4.69) is 10.2 Å². The van der Waals surface area contributed by atoms with Crippen molar-refractivity contribution in [3.63, 3.8) is 0 Å². The third-order valence-corrected chi connectivity index (χ3v) is 3.06. The van der Waals surface area contributed by atoms with E-state index in [9.17, 15) is 4.39 Å². The fourth-order valence-electron chi connectivity index (χ4n) is 2.09. The quantitative estimate of drug-likeness (QED) is 0.815. The Kier molecular flexibility index (Phi) is 3.93. The van der Waals surface area contributed by atoms with Crippen LogP contribution in [-0.4, -0.2) is 38.2 Å². The Morgan fingerprint density at radius 3 is 2.76 bits per heavy atom. The van der Waals surface area contributed by atoms with Crippen LogP contribution in [0, 0.1) is 5.82 Å². The van der Waals surface area contributed by atoms with Gasteiger partial charge < -0.3 is 15.8 Å². The van der Waals surface area contributed by atoms with E-state index < -0.39 is 0 Å². The molecule has 0 spiro atoms. The maximum Gasteiger partial charge on any atom is 0.125 e. The van der Waals surface area contributed by atoms with E-state index in [1.54, 1.807) is 13.2 Å². The fraction of sp³-hybridized carbons (Fsp3) is 0.500. The molecule has 0 bridgehead atoms. The smallest absolute Gasteiger partial charge is 0.125 e. The molecule has 0 radical (unpaired) electrons. The minimum Gasteiger partial charge on any atom is -0.496 e. The molecule has 0 amide bonds. The van der Waals surface area contributed by atoms with E-state index in [1.165, 1.54) is 12.1 Å². The molecule has 5 heteroatoms. The normalized spacial score (nSPS) is 19.0. The Hall–Kier alpha value is -1.17. The van der Waals surface area contributed by atoms with Crippen LogP contribution in [0.15, 0.2) is 18.2 Å². The van der Waals surface area contributed by atoms with E-state index in [0.717, 1.165) is 26.2 Å². The van der Waals surface area contributed by atoms with Gasteiger partial charge in [0.25, 0.3) is 0 Å². The van der Waals surface area contributed by atoms with E-state index in [0.29, 0.717) is 11.3 Å². The number of rotatable bonds is 3. The number of hydrogen-bond acceptors (Lipinski definition) is 4. The van der Waals surface area contributed by atoms with Crippen molar-refractivity contribution in [2.45, 2.75) is 6.17 Å². The molecule has 94 valence electrons. The summed E-state index contributed by atoms with van der Waals surface area (Å²) in [5, 5.41) is 3.26. The summed E-state index contributed by atoms with van der Waals surface area (Å²) in [6.07, 6.45) is -0.317. The number of ether oxygens (including phenoxy) is 1. The second-order valence-electron chi connectivity index (χ2n) is 4.12. The van der Waals surface area contributed by atoms with E-state index in [1.807, 2.05) is 0 Å². The molecule has 1 aromatic rings. The zero-order valence-corrected chi connectivity index (χ0v) is 9.95. The van der Waals surface area contributed by atoms with Crippen LogP contribution in [0.5, 0.6) is 5.75 Å². The summed E-state index contributed by atoms with van der Waals surface area (Å²) in [4.78, 5) is 2.12. The zero-order chi connectivity index (χ0) is 12.3. The Morgan fingerprint density at radius 1 is 1.41 bits per heavy atom. The van der Waals surface area contributed by atoms with Crippen molar-refractivity contribution in [3.05, 3.63) is 29.6 Å². The second kappa shape index (κ2) is 5.44. The number of nitrogens with zero attached hydrogens (tertiary/aromatic N) is 1. The van der Waals surface area contributed by atoms with Gasteiger partial charge in [0.2, 0.25) is 0 Å². The molecule has 3 N–H and O–H groups in total. The second-order valence-corrected chi connectivity index (χ2v) is 4.12. The molecule has 17 heavy (non-hydrogen) atoms. The summed E-state index contributed by atoms with van der Waals surface area (Å²) in [6, 6.07) is 4.45. The van der Waals surface area contributed by atoms with Crippen LogP contribution in [0.4, 0.5) is 4.39 Å². The van der Waals surface area contributed by atoms with Gasteiger partial charge in [0.05, 0.1) is 13.3 Å². The molecule has 1 saturated heterocycles. The number of halogens is 1. The van der Waals surface area contributed by atoms with Crippen LogP contribution < -0.4 is 15.8 Å². The van der Waals surface area contributed by atoms with Crippen molar-refractivity contribution in [2.75, 3.05) is 33.3 Å². The highest BCUT2D eigenvalue weighted by Gasteiger charge is 2.21. The summed E-state index contributed by atoms with van der Waals surface area (Å²) in [5.41, 5.74) is 6.87. The number of benzene rings is 1. The predicted octanol–water partition coefficient (Wildman–Crippen LogP) is 0.697. The molecule has 1 fully saturated rings. The van der Waals surface area contributed by atoms with Crippen LogP contribution in [0.25, 0.3) is 0 Å². The maximum absolute atomic E-state index is 13.3. The molecule has 0 aromatic heterocycles. The molecule has 1 unspecified atom stereocenters. The summed E-state index contributed by atoms with van der Waals surface area (Å²) in [5.74, 6) is 0.351. The number of methoxy groups -OCH3 is 1. The first kappa shape index (κ1) is 12.3. The van der Waals surface area contributed by atoms with Crippen molar-refractivity contribution in [3.8, 4) is 5.75 Å². The lowest BCUT2D eigenvalue weighted by Gasteiger charge is -2.33. The first-order chi connectivity index (χ1) is 8.22. The SMILES string of the molecule is COc1ccc(F)cc1C(N)N1CCNCC1. The first-order valence-corrected chi connectivity index (χ1v) is 5.76. The van der Waals surface area contributed by atoms with Crippen LogP contribution in [-0.2, 0) is 0 Å². The minimum absolute atomic E-state index is 0.286. The van der Waals surface area contributed by atoms with Crippen LogP contribution in [0.3, 0.4) is 0 Å². The van der Waals surface area contributed by atoms with Crippen molar-refractivity contribution >= 4 is 0 Å². The molecule has 1 heterocycles. The monoisotopic (exact) mass is 239 g/mol. The Bertz CT molecular complexity index is 380. The summed E-state index contributed by atoms with van der Waals surface area (Å²) >= 11 is 0. The molecule has 1 atom stereocenters. The predicted molar refractivity (Wildman–Crippen MR) is 64.3 cm³/mol. The number of hydrogen-bond donors (Lipinski definition) is 2. The highest BCUT2D eigenvalue weighted by atomic mass is 19.1. The Balaban J connectivity index is 2.21. The zero-order valence-electron chi connectivity index (χ0n) is 9.95. The third kappa shape index (κ3) is 2.74. The molecule has 4 nitrogen and oxygen atoms in total. The third-order valence-electron chi connectivity index (χ3n) is 3.06. The largest absolute Gasteiger partial charge is 0.496 e. The van der Waals surface area contributed by atoms with E-state index >= 15 is 0 Å². The van der Waals surface area contributed by atoms with Crippen molar-refractivity contribution < 1.29 is 9.13 Å². The van der Waals surface area contributed by atoms with Gasteiger partial charge >= 0.3 is 0 Å². The fourth-order valence-corrected chi connectivity index (χ4v) is 2.09. The summed E-state index contributed by atoms with van der Waals surface area (Å²) in [6.45, 7) is 3.54.